The third-order valence-electron chi connectivity index (χ3n) is 3.75. The van der Waals surface area contributed by atoms with E-state index in [4.69, 9.17) is 0 Å². The molecule has 1 aromatic heterocycles. The molecule has 1 amide bonds. The maximum Gasteiger partial charge on any atom is 0.342 e. The van der Waals surface area contributed by atoms with Gasteiger partial charge in [0.25, 0.3) is 5.56 Å². The summed E-state index contributed by atoms with van der Waals surface area (Å²) in [6, 6.07) is 13.9. The lowest BCUT2D eigenvalue weighted by atomic mass is 10.00. The minimum absolute atomic E-state index is 0.0285. The molecule has 0 atom stereocenters. The number of aromatic nitrogens is 3. The summed E-state index contributed by atoms with van der Waals surface area (Å²) in [5.74, 6) is -0.732. The first-order chi connectivity index (χ1) is 13.4. The van der Waals surface area contributed by atoms with Gasteiger partial charge in [-0.2, -0.15) is 5.10 Å². The van der Waals surface area contributed by atoms with Crippen molar-refractivity contribution in [2.75, 3.05) is 11.1 Å². The van der Waals surface area contributed by atoms with Crippen LogP contribution in [0.25, 0.3) is 0 Å². The van der Waals surface area contributed by atoms with E-state index in [9.17, 15) is 19.2 Å². The summed E-state index contributed by atoms with van der Waals surface area (Å²) in [4.78, 5) is 49.7. The monoisotopic (exact) mass is 396 g/mol. The number of aromatic amines is 2. The molecule has 1 heterocycles. The van der Waals surface area contributed by atoms with Crippen LogP contribution in [0.15, 0.2) is 63.1 Å². The van der Waals surface area contributed by atoms with E-state index in [0.717, 1.165) is 17.3 Å². The summed E-state index contributed by atoms with van der Waals surface area (Å²) in [6.45, 7) is 1.86. The summed E-state index contributed by atoms with van der Waals surface area (Å²) in [7, 11) is 0. The van der Waals surface area contributed by atoms with Crippen LogP contribution in [0.4, 0.5) is 5.69 Å². The second kappa shape index (κ2) is 8.49. The first kappa shape index (κ1) is 19.3. The van der Waals surface area contributed by atoms with Crippen LogP contribution in [-0.2, 0) is 4.79 Å². The Morgan fingerprint density at radius 2 is 1.86 bits per heavy atom. The largest absolute Gasteiger partial charge is 0.342 e. The Kier molecular flexibility index (Phi) is 5.85. The molecule has 9 heteroatoms. The van der Waals surface area contributed by atoms with Gasteiger partial charge in [0, 0.05) is 11.1 Å². The number of benzene rings is 2. The van der Waals surface area contributed by atoms with E-state index in [-0.39, 0.29) is 16.6 Å². The smallest absolute Gasteiger partial charge is 0.325 e. The Morgan fingerprint density at radius 1 is 1.11 bits per heavy atom. The van der Waals surface area contributed by atoms with E-state index < -0.39 is 17.2 Å². The number of carbonyl (C=O) groups excluding carboxylic acids is 2. The van der Waals surface area contributed by atoms with E-state index in [2.05, 4.69) is 15.5 Å². The van der Waals surface area contributed by atoms with Crippen molar-refractivity contribution in [3.05, 3.63) is 86.1 Å². The number of carbonyl (C=O) groups is 2. The van der Waals surface area contributed by atoms with E-state index in [1.165, 1.54) is 0 Å². The van der Waals surface area contributed by atoms with Crippen LogP contribution in [-0.4, -0.2) is 32.6 Å². The number of hydrogen-bond acceptors (Lipinski definition) is 6. The fourth-order valence-corrected chi connectivity index (χ4v) is 3.09. The Bertz CT molecular complexity index is 1140. The lowest BCUT2D eigenvalue weighted by Crippen LogP contribution is -2.26. The van der Waals surface area contributed by atoms with Gasteiger partial charge in [0.1, 0.15) is 0 Å². The quantitative estimate of drug-likeness (QED) is 0.430. The van der Waals surface area contributed by atoms with Crippen LogP contribution in [0.3, 0.4) is 0 Å². The average Bonchev–Trinajstić information content (AvgIpc) is 2.69. The highest BCUT2D eigenvalue weighted by atomic mass is 32.2. The van der Waals surface area contributed by atoms with Gasteiger partial charge in [-0.1, -0.05) is 53.7 Å². The van der Waals surface area contributed by atoms with Gasteiger partial charge in [0.15, 0.2) is 10.8 Å². The van der Waals surface area contributed by atoms with Gasteiger partial charge in [-0.05, 0) is 19.1 Å². The SMILES string of the molecule is Cc1ccc(NC(=O)CSc2n[nH]c(=O)[nH]c2=O)c(C(=O)c2ccccc2)c1. The third-order valence-corrected chi connectivity index (χ3v) is 4.71. The van der Waals surface area contributed by atoms with Gasteiger partial charge in [-0.15, -0.1) is 0 Å². The highest BCUT2D eigenvalue weighted by Crippen LogP contribution is 2.22. The predicted molar refractivity (Wildman–Crippen MR) is 106 cm³/mol. The zero-order chi connectivity index (χ0) is 20.1. The minimum Gasteiger partial charge on any atom is -0.325 e. The number of anilines is 1. The molecule has 3 N–H and O–H groups in total. The number of aryl methyl sites for hydroxylation is 1. The van der Waals surface area contributed by atoms with Crippen molar-refractivity contribution in [3.8, 4) is 0 Å². The maximum absolute atomic E-state index is 12.8. The molecule has 0 unspecified atom stereocenters. The Balaban J connectivity index is 1.76. The fraction of sp³-hybridized carbons (Fsp3) is 0.105. The van der Waals surface area contributed by atoms with Crippen LogP contribution in [0.1, 0.15) is 21.5 Å². The molecule has 0 spiro atoms. The van der Waals surface area contributed by atoms with Gasteiger partial charge in [-0.3, -0.25) is 19.4 Å². The number of rotatable bonds is 6. The summed E-state index contributed by atoms with van der Waals surface area (Å²) in [5.41, 5.74) is 0.773. The van der Waals surface area contributed by atoms with Gasteiger partial charge in [-0.25, -0.2) is 9.89 Å². The van der Waals surface area contributed by atoms with Crippen molar-refractivity contribution in [2.45, 2.75) is 11.9 Å². The van der Waals surface area contributed by atoms with Gasteiger partial charge in [0.05, 0.1) is 11.4 Å². The second-order valence-corrected chi connectivity index (χ2v) is 6.86. The normalized spacial score (nSPS) is 10.5. The van der Waals surface area contributed by atoms with Crippen LogP contribution >= 0.6 is 11.8 Å². The van der Waals surface area contributed by atoms with Crippen LogP contribution in [0.5, 0.6) is 0 Å². The van der Waals surface area contributed by atoms with Gasteiger partial charge < -0.3 is 5.32 Å². The number of H-pyrrole nitrogens is 2. The number of hydrogen-bond donors (Lipinski definition) is 3. The molecule has 2 aromatic carbocycles. The molecule has 0 aliphatic rings. The fourth-order valence-electron chi connectivity index (χ4n) is 2.45. The van der Waals surface area contributed by atoms with Crippen molar-refractivity contribution in [1.29, 1.82) is 0 Å². The molecule has 3 rings (SSSR count). The summed E-state index contributed by atoms with van der Waals surface area (Å²) < 4.78 is 0. The zero-order valence-electron chi connectivity index (χ0n) is 14.8. The molecule has 3 aromatic rings. The summed E-state index contributed by atoms with van der Waals surface area (Å²) >= 11 is 0.875. The number of nitrogens with zero attached hydrogens (tertiary/aromatic N) is 1. The van der Waals surface area contributed by atoms with Crippen molar-refractivity contribution < 1.29 is 9.59 Å². The van der Waals surface area contributed by atoms with Crippen LogP contribution in [0.2, 0.25) is 0 Å². The second-order valence-electron chi connectivity index (χ2n) is 5.89. The Labute approximate surface area is 163 Å². The maximum atomic E-state index is 12.8. The molecule has 142 valence electrons. The van der Waals surface area contributed by atoms with E-state index in [0.29, 0.717) is 16.8 Å². The first-order valence-electron chi connectivity index (χ1n) is 8.26. The third kappa shape index (κ3) is 4.63. The van der Waals surface area contributed by atoms with Gasteiger partial charge >= 0.3 is 5.69 Å². The highest BCUT2D eigenvalue weighted by molar-refractivity contribution is 7.99. The molecule has 28 heavy (non-hydrogen) atoms. The highest BCUT2D eigenvalue weighted by Gasteiger charge is 2.16. The molecule has 0 aliphatic heterocycles. The molecule has 0 fully saturated rings. The lowest BCUT2D eigenvalue weighted by molar-refractivity contribution is -0.113. The zero-order valence-corrected chi connectivity index (χ0v) is 15.6. The van der Waals surface area contributed by atoms with Gasteiger partial charge in [0.2, 0.25) is 5.91 Å². The van der Waals surface area contributed by atoms with E-state index >= 15 is 0 Å². The van der Waals surface area contributed by atoms with Crippen molar-refractivity contribution >= 4 is 29.1 Å². The topological polar surface area (TPSA) is 125 Å². The van der Waals surface area contributed by atoms with Crippen molar-refractivity contribution in [3.63, 3.8) is 0 Å². The molecule has 0 bridgehead atoms. The minimum atomic E-state index is -0.720. The van der Waals surface area contributed by atoms with E-state index in [1.54, 1.807) is 42.5 Å². The molecule has 8 nitrogen and oxygen atoms in total. The Hall–Kier alpha value is -3.46. The molecular weight excluding hydrogens is 380 g/mol. The lowest BCUT2D eigenvalue weighted by Gasteiger charge is -2.11. The molecule has 0 aliphatic carbocycles. The van der Waals surface area contributed by atoms with Crippen molar-refractivity contribution in [1.82, 2.24) is 15.2 Å². The number of thioether (sulfide) groups is 1. The molecular formula is C19H16N4O4S. The summed E-state index contributed by atoms with van der Waals surface area (Å²) in [6.07, 6.45) is 0. The number of nitrogens with one attached hydrogen (secondary N) is 3. The first-order valence-corrected chi connectivity index (χ1v) is 9.24. The number of amides is 1. The Morgan fingerprint density at radius 3 is 2.57 bits per heavy atom. The standard InChI is InChI=1S/C19H16N4O4S/c1-11-7-8-14(13(9-11)16(25)12-5-3-2-4-6-12)20-15(24)10-28-18-17(26)21-19(27)23-22-18/h2-9H,10H2,1H3,(H,20,24)(H2,21,23,26,27). The van der Waals surface area contributed by atoms with E-state index in [1.807, 2.05) is 18.0 Å². The number of ketones is 1. The molecule has 0 radical (unpaired) electrons. The average molecular weight is 396 g/mol. The molecule has 0 saturated heterocycles. The predicted octanol–water partition coefficient (Wildman–Crippen LogP) is 1.73. The van der Waals surface area contributed by atoms with Crippen LogP contribution < -0.4 is 16.6 Å². The van der Waals surface area contributed by atoms with Crippen LogP contribution in [0, 0.1) is 6.92 Å². The van der Waals surface area contributed by atoms with Crippen molar-refractivity contribution in [2.24, 2.45) is 0 Å². The summed E-state index contributed by atoms with van der Waals surface area (Å²) in [5, 5.41) is 8.37. The molecule has 0 saturated carbocycles.